The van der Waals surface area contributed by atoms with Crippen LogP contribution >= 0.6 is 0 Å². The molecule has 0 aliphatic carbocycles. The Kier molecular flexibility index (Phi) is 3.84. The highest BCUT2D eigenvalue weighted by atomic mass is 19.4. The fourth-order valence-corrected chi connectivity index (χ4v) is 0.905. The van der Waals surface area contributed by atoms with Crippen molar-refractivity contribution in [3.05, 3.63) is 18.1 Å². The predicted molar refractivity (Wildman–Crippen MR) is 47.2 cm³/mol. The highest BCUT2D eigenvalue weighted by Crippen LogP contribution is 2.27. The van der Waals surface area contributed by atoms with E-state index >= 15 is 0 Å². The van der Waals surface area contributed by atoms with E-state index in [9.17, 15) is 13.2 Å². The number of anilines is 1. The third-order valence-corrected chi connectivity index (χ3v) is 1.60. The van der Waals surface area contributed by atoms with Crippen molar-refractivity contribution < 1.29 is 18.3 Å². The largest absolute Gasteiger partial charge is 0.433 e. The van der Waals surface area contributed by atoms with Gasteiger partial charge in [0.2, 0.25) is 0 Å². The van der Waals surface area contributed by atoms with Crippen LogP contribution < -0.4 is 5.32 Å². The summed E-state index contributed by atoms with van der Waals surface area (Å²) in [5.41, 5.74) is -0.982. The van der Waals surface area contributed by atoms with E-state index in [1.54, 1.807) is 0 Å². The molecule has 4 nitrogen and oxygen atoms in total. The molecule has 1 aromatic rings. The normalized spacial score (nSPS) is 11.5. The van der Waals surface area contributed by atoms with Crippen molar-refractivity contribution in [1.29, 1.82) is 0 Å². The maximum absolute atomic E-state index is 12.2. The molecule has 0 aromatic carbocycles. The molecule has 0 bridgehead atoms. The molecule has 0 saturated carbocycles. The third-order valence-electron chi connectivity index (χ3n) is 1.60. The number of nitrogens with zero attached hydrogens (tertiary/aromatic N) is 2. The minimum Gasteiger partial charge on any atom is -0.396 e. The number of alkyl halides is 3. The number of aliphatic hydroxyl groups excluding tert-OH is 1. The van der Waals surface area contributed by atoms with Gasteiger partial charge in [-0.05, 0) is 6.42 Å². The second-order valence-electron chi connectivity index (χ2n) is 2.79. The topological polar surface area (TPSA) is 58.0 Å². The highest BCUT2D eigenvalue weighted by Gasteiger charge is 2.32. The van der Waals surface area contributed by atoms with Crippen molar-refractivity contribution in [1.82, 2.24) is 9.97 Å². The van der Waals surface area contributed by atoms with Crippen LogP contribution in [0.3, 0.4) is 0 Å². The van der Waals surface area contributed by atoms with Crippen LogP contribution in [0.1, 0.15) is 12.1 Å². The summed E-state index contributed by atoms with van der Waals surface area (Å²) in [6.07, 6.45) is -3.16. The van der Waals surface area contributed by atoms with Crippen molar-refractivity contribution in [2.45, 2.75) is 12.6 Å². The lowest BCUT2D eigenvalue weighted by atomic mass is 10.3. The van der Waals surface area contributed by atoms with Gasteiger partial charge in [-0.3, -0.25) is 0 Å². The van der Waals surface area contributed by atoms with Crippen molar-refractivity contribution in [3.63, 3.8) is 0 Å². The molecule has 0 saturated heterocycles. The summed E-state index contributed by atoms with van der Waals surface area (Å²) in [6.45, 7) is 0.342. The Labute approximate surface area is 84.2 Å². The molecule has 0 aliphatic rings. The SMILES string of the molecule is OCCCNc1cc(C(F)(F)F)ncn1. The molecule has 15 heavy (non-hydrogen) atoms. The lowest BCUT2D eigenvalue weighted by Gasteiger charge is -2.07. The molecule has 0 amide bonds. The van der Waals surface area contributed by atoms with Crippen LogP contribution in [0.5, 0.6) is 0 Å². The third kappa shape index (κ3) is 3.70. The summed E-state index contributed by atoms with van der Waals surface area (Å²) >= 11 is 0. The van der Waals surface area contributed by atoms with E-state index < -0.39 is 11.9 Å². The lowest BCUT2D eigenvalue weighted by Crippen LogP contribution is -2.11. The molecule has 0 unspecified atom stereocenters. The number of nitrogens with one attached hydrogen (secondary N) is 1. The number of aromatic nitrogens is 2. The maximum Gasteiger partial charge on any atom is 0.433 e. The van der Waals surface area contributed by atoms with Crippen LogP contribution in [0.15, 0.2) is 12.4 Å². The van der Waals surface area contributed by atoms with Gasteiger partial charge in [0.15, 0.2) is 0 Å². The Bertz CT molecular complexity index is 316. The minimum absolute atomic E-state index is 0.0236. The molecule has 84 valence electrons. The second-order valence-corrected chi connectivity index (χ2v) is 2.79. The van der Waals surface area contributed by atoms with E-state index in [2.05, 4.69) is 15.3 Å². The van der Waals surface area contributed by atoms with Gasteiger partial charge in [0.25, 0.3) is 0 Å². The van der Waals surface area contributed by atoms with Crippen LogP contribution in [-0.4, -0.2) is 28.2 Å². The number of aliphatic hydroxyl groups is 1. The van der Waals surface area contributed by atoms with Gasteiger partial charge in [-0.15, -0.1) is 0 Å². The first-order valence-electron chi connectivity index (χ1n) is 4.28. The van der Waals surface area contributed by atoms with Gasteiger partial charge in [-0.25, -0.2) is 9.97 Å². The first-order valence-corrected chi connectivity index (χ1v) is 4.28. The van der Waals surface area contributed by atoms with Crippen LogP contribution in [0, 0.1) is 0 Å². The van der Waals surface area contributed by atoms with Crippen molar-refractivity contribution >= 4 is 5.82 Å². The zero-order valence-electron chi connectivity index (χ0n) is 7.75. The number of rotatable bonds is 4. The van der Waals surface area contributed by atoms with Crippen molar-refractivity contribution in [3.8, 4) is 0 Å². The number of hydrogen-bond donors (Lipinski definition) is 2. The summed E-state index contributed by atoms with van der Waals surface area (Å²) in [7, 11) is 0. The van der Waals surface area contributed by atoms with E-state index in [0.717, 1.165) is 12.4 Å². The quantitative estimate of drug-likeness (QED) is 0.752. The molecule has 0 spiro atoms. The molecule has 0 atom stereocenters. The zero-order valence-corrected chi connectivity index (χ0v) is 7.75. The van der Waals surface area contributed by atoms with Gasteiger partial charge in [0.05, 0.1) is 0 Å². The Balaban J connectivity index is 2.66. The Hall–Kier alpha value is -1.37. The maximum atomic E-state index is 12.2. The zero-order chi connectivity index (χ0) is 11.3. The fourth-order valence-electron chi connectivity index (χ4n) is 0.905. The van der Waals surface area contributed by atoms with Gasteiger partial charge < -0.3 is 10.4 Å². The molecule has 7 heteroatoms. The average Bonchev–Trinajstić information content (AvgIpc) is 2.17. The van der Waals surface area contributed by atoms with Crippen molar-refractivity contribution in [2.75, 3.05) is 18.5 Å². The predicted octanol–water partition coefficient (Wildman–Crippen LogP) is 1.29. The average molecular weight is 221 g/mol. The van der Waals surface area contributed by atoms with E-state index in [4.69, 9.17) is 5.11 Å². The summed E-state index contributed by atoms with van der Waals surface area (Å²) in [6, 6.07) is 0.831. The summed E-state index contributed by atoms with van der Waals surface area (Å²) < 4.78 is 36.6. The standard InChI is InChI=1S/C8H10F3N3O/c9-8(10,11)6-4-7(14-5-13-6)12-2-1-3-15/h4-5,15H,1-3H2,(H,12,13,14). The summed E-state index contributed by atoms with van der Waals surface area (Å²) in [4.78, 5) is 6.73. The molecule has 1 heterocycles. The van der Waals surface area contributed by atoms with Gasteiger partial charge in [0, 0.05) is 19.2 Å². The van der Waals surface area contributed by atoms with Crippen LogP contribution in [0.2, 0.25) is 0 Å². The Morgan fingerprint density at radius 3 is 2.67 bits per heavy atom. The number of hydrogen-bond acceptors (Lipinski definition) is 4. The molecule has 0 radical (unpaired) electrons. The lowest BCUT2D eigenvalue weighted by molar-refractivity contribution is -0.141. The highest BCUT2D eigenvalue weighted by molar-refractivity contribution is 5.35. The smallest absolute Gasteiger partial charge is 0.396 e. The molecular formula is C8H10F3N3O. The van der Waals surface area contributed by atoms with Gasteiger partial charge in [0.1, 0.15) is 17.8 Å². The van der Waals surface area contributed by atoms with Gasteiger partial charge in [-0.1, -0.05) is 0 Å². The monoisotopic (exact) mass is 221 g/mol. The fraction of sp³-hybridized carbons (Fsp3) is 0.500. The molecular weight excluding hydrogens is 211 g/mol. The molecule has 0 aliphatic heterocycles. The van der Waals surface area contributed by atoms with Crippen LogP contribution in [-0.2, 0) is 6.18 Å². The molecule has 1 aromatic heterocycles. The first-order chi connectivity index (χ1) is 7.04. The van der Waals surface area contributed by atoms with E-state index in [-0.39, 0.29) is 12.4 Å². The minimum atomic E-state index is -4.46. The van der Waals surface area contributed by atoms with E-state index in [0.29, 0.717) is 13.0 Å². The Morgan fingerprint density at radius 2 is 2.07 bits per heavy atom. The molecule has 1 rings (SSSR count). The van der Waals surface area contributed by atoms with Crippen LogP contribution in [0.25, 0.3) is 0 Å². The Morgan fingerprint density at radius 1 is 1.33 bits per heavy atom. The summed E-state index contributed by atoms with van der Waals surface area (Å²) in [5, 5.41) is 11.1. The molecule has 0 fully saturated rings. The number of halogens is 3. The van der Waals surface area contributed by atoms with E-state index in [1.807, 2.05) is 0 Å². The van der Waals surface area contributed by atoms with Gasteiger partial charge >= 0.3 is 6.18 Å². The van der Waals surface area contributed by atoms with Crippen molar-refractivity contribution in [2.24, 2.45) is 0 Å². The molecule has 2 N–H and O–H groups in total. The van der Waals surface area contributed by atoms with E-state index in [1.165, 1.54) is 0 Å². The van der Waals surface area contributed by atoms with Gasteiger partial charge in [-0.2, -0.15) is 13.2 Å². The first kappa shape index (κ1) is 11.7. The van der Waals surface area contributed by atoms with Crippen LogP contribution in [0.4, 0.5) is 19.0 Å². The summed E-state index contributed by atoms with van der Waals surface area (Å²) in [5.74, 6) is 0.103. The second kappa shape index (κ2) is 4.92.